The molecular weight excluding hydrogens is 266 g/mol. The Balaban J connectivity index is 1.96. The molecule has 1 aliphatic heterocycles. The number of benzene rings is 1. The van der Waals surface area contributed by atoms with E-state index in [1.807, 2.05) is 38.1 Å². The molecule has 5 nitrogen and oxygen atoms in total. The highest BCUT2D eigenvalue weighted by Gasteiger charge is 2.34. The SMILES string of the molecule is Cc1cc(C=C2C(=O)NN(c3ccccc3)C2=O)c(C)[nH]1. The van der Waals surface area contributed by atoms with Crippen LogP contribution in [-0.4, -0.2) is 16.8 Å². The van der Waals surface area contributed by atoms with Crippen molar-refractivity contribution in [2.45, 2.75) is 13.8 Å². The number of H-pyrrole nitrogens is 1. The summed E-state index contributed by atoms with van der Waals surface area (Å²) >= 11 is 0. The highest BCUT2D eigenvalue weighted by atomic mass is 16.2. The summed E-state index contributed by atoms with van der Waals surface area (Å²) in [6.07, 6.45) is 1.62. The minimum atomic E-state index is -0.387. The molecule has 1 fully saturated rings. The Morgan fingerprint density at radius 2 is 1.81 bits per heavy atom. The largest absolute Gasteiger partial charge is 0.362 e. The number of aryl methyl sites for hydroxylation is 2. The van der Waals surface area contributed by atoms with E-state index in [0.717, 1.165) is 17.0 Å². The van der Waals surface area contributed by atoms with Gasteiger partial charge in [-0.3, -0.25) is 15.0 Å². The first-order valence-corrected chi connectivity index (χ1v) is 6.64. The van der Waals surface area contributed by atoms with Gasteiger partial charge >= 0.3 is 0 Å². The van der Waals surface area contributed by atoms with Crippen molar-refractivity contribution in [1.29, 1.82) is 0 Å². The number of aromatic amines is 1. The molecule has 1 saturated heterocycles. The highest BCUT2D eigenvalue weighted by Crippen LogP contribution is 2.22. The topological polar surface area (TPSA) is 65.2 Å². The number of amides is 2. The van der Waals surface area contributed by atoms with Crippen molar-refractivity contribution < 1.29 is 9.59 Å². The second-order valence-electron chi connectivity index (χ2n) is 5.01. The minimum Gasteiger partial charge on any atom is -0.362 e. The van der Waals surface area contributed by atoms with E-state index in [-0.39, 0.29) is 17.4 Å². The first-order valence-electron chi connectivity index (χ1n) is 6.64. The Hall–Kier alpha value is -2.82. The minimum absolute atomic E-state index is 0.140. The summed E-state index contributed by atoms with van der Waals surface area (Å²) in [5.41, 5.74) is 6.13. The molecule has 1 aromatic heterocycles. The molecule has 21 heavy (non-hydrogen) atoms. The van der Waals surface area contributed by atoms with Crippen LogP contribution >= 0.6 is 0 Å². The molecular formula is C16H15N3O2. The lowest BCUT2D eigenvalue weighted by Gasteiger charge is -2.13. The Morgan fingerprint density at radius 1 is 1.10 bits per heavy atom. The number of aromatic nitrogens is 1. The number of carbonyl (C=O) groups excluding carboxylic acids is 2. The zero-order valence-electron chi connectivity index (χ0n) is 11.8. The molecule has 0 bridgehead atoms. The third-order valence-corrected chi connectivity index (χ3v) is 3.40. The smallest absolute Gasteiger partial charge is 0.282 e. The van der Waals surface area contributed by atoms with Gasteiger partial charge in [-0.1, -0.05) is 18.2 Å². The first-order chi connectivity index (χ1) is 10.1. The van der Waals surface area contributed by atoms with E-state index >= 15 is 0 Å². The number of nitrogens with one attached hydrogen (secondary N) is 2. The van der Waals surface area contributed by atoms with Gasteiger partial charge in [0.2, 0.25) is 0 Å². The van der Waals surface area contributed by atoms with Crippen LogP contribution in [0.25, 0.3) is 6.08 Å². The Bertz CT molecular complexity index is 744. The molecule has 0 saturated carbocycles. The molecule has 0 spiro atoms. The molecule has 0 radical (unpaired) electrons. The maximum atomic E-state index is 12.4. The molecule has 2 aromatic rings. The molecule has 106 valence electrons. The van der Waals surface area contributed by atoms with Gasteiger partial charge in [-0.25, -0.2) is 5.01 Å². The maximum absolute atomic E-state index is 12.4. The molecule has 5 heteroatoms. The molecule has 2 amide bonds. The third kappa shape index (κ3) is 2.33. The number of anilines is 1. The predicted octanol–water partition coefficient (Wildman–Crippen LogP) is 2.09. The summed E-state index contributed by atoms with van der Waals surface area (Å²) in [6, 6.07) is 10.9. The average Bonchev–Trinajstić information content (AvgIpc) is 2.93. The van der Waals surface area contributed by atoms with E-state index in [0.29, 0.717) is 5.69 Å². The van der Waals surface area contributed by atoms with Gasteiger partial charge < -0.3 is 4.98 Å². The lowest BCUT2D eigenvalue weighted by atomic mass is 10.1. The van der Waals surface area contributed by atoms with Crippen molar-refractivity contribution in [3.63, 3.8) is 0 Å². The fraction of sp³-hybridized carbons (Fsp3) is 0.125. The lowest BCUT2D eigenvalue weighted by molar-refractivity contribution is -0.117. The zero-order valence-corrected chi connectivity index (χ0v) is 11.8. The van der Waals surface area contributed by atoms with Crippen LogP contribution in [0, 0.1) is 13.8 Å². The van der Waals surface area contributed by atoms with Gasteiger partial charge in [0.05, 0.1) is 5.69 Å². The van der Waals surface area contributed by atoms with Crippen LogP contribution in [0.3, 0.4) is 0 Å². The van der Waals surface area contributed by atoms with Crippen LogP contribution in [0.5, 0.6) is 0 Å². The highest BCUT2D eigenvalue weighted by molar-refractivity contribution is 6.31. The van der Waals surface area contributed by atoms with Gasteiger partial charge in [-0.2, -0.15) is 0 Å². The lowest BCUT2D eigenvalue weighted by Crippen LogP contribution is -2.35. The van der Waals surface area contributed by atoms with Crippen LogP contribution < -0.4 is 10.4 Å². The van der Waals surface area contributed by atoms with Crippen molar-refractivity contribution in [1.82, 2.24) is 10.4 Å². The second kappa shape index (κ2) is 4.94. The summed E-state index contributed by atoms with van der Waals surface area (Å²) in [5, 5.41) is 1.27. The van der Waals surface area contributed by atoms with Gasteiger partial charge in [-0.05, 0) is 43.7 Å². The van der Waals surface area contributed by atoms with E-state index in [4.69, 9.17) is 0 Å². The molecule has 2 N–H and O–H groups in total. The first kappa shape index (κ1) is 13.2. The van der Waals surface area contributed by atoms with E-state index in [1.54, 1.807) is 18.2 Å². The van der Waals surface area contributed by atoms with Gasteiger partial charge in [-0.15, -0.1) is 0 Å². The van der Waals surface area contributed by atoms with E-state index < -0.39 is 0 Å². The number of hydrogen-bond donors (Lipinski definition) is 2. The second-order valence-corrected chi connectivity index (χ2v) is 5.01. The van der Waals surface area contributed by atoms with Gasteiger partial charge in [0, 0.05) is 11.4 Å². The monoisotopic (exact) mass is 281 g/mol. The van der Waals surface area contributed by atoms with Crippen molar-refractivity contribution in [3.8, 4) is 0 Å². The number of carbonyl (C=O) groups is 2. The fourth-order valence-electron chi connectivity index (χ4n) is 2.37. The van der Waals surface area contributed by atoms with Gasteiger partial charge in [0.1, 0.15) is 5.57 Å². The fourth-order valence-corrected chi connectivity index (χ4v) is 2.37. The van der Waals surface area contributed by atoms with Crippen LogP contribution in [0.4, 0.5) is 5.69 Å². The van der Waals surface area contributed by atoms with Crippen LogP contribution in [0.1, 0.15) is 17.0 Å². The zero-order chi connectivity index (χ0) is 15.0. The number of hydrazine groups is 1. The van der Waals surface area contributed by atoms with Crippen LogP contribution in [0.2, 0.25) is 0 Å². The summed E-state index contributed by atoms with van der Waals surface area (Å²) < 4.78 is 0. The van der Waals surface area contributed by atoms with E-state index in [2.05, 4.69) is 10.4 Å². The molecule has 0 unspecified atom stereocenters. The quantitative estimate of drug-likeness (QED) is 0.654. The van der Waals surface area contributed by atoms with Crippen LogP contribution in [0.15, 0.2) is 42.0 Å². The van der Waals surface area contributed by atoms with Crippen LogP contribution in [-0.2, 0) is 9.59 Å². The number of nitrogens with zero attached hydrogens (tertiary/aromatic N) is 1. The maximum Gasteiger partial charge on any atom is 0.282 e. The van der Waals surface area contributed by atoms with Gasteiger partial charge in [0.15, 0.2) is 0 Å². The normalized spacial score (nSPS) is 16.7. The van der Waals surface area contributed by atoms with Gasteiger partial charge in [0.25, 0.3) is 11.8 Å². The van der Waals surface area contributed by atoms with E-state index in [1.165, 1.54) is 5.01 Å². The molecule has 0 atom stereocenters. The Labute approximate surface area is 122 Å². The standard InChI is InChI=1S/C16H15N3O2/c1-10-8-12(11(2)17-10)9-14-15(20)18-19(16(14)21)13-6-4-3-5-7-13/h3-9,17H,1-2H3,(H,18,20). The molecule has 3 rings (SSSR count). The molecule has 2 heterocycles. The third-order valence-electron chi connectivity index (χ3n) is 3.40. The van der Waals surface area contributed by atoms with Crippen molar-refractivity contribution >= 4 is 23.6 Å². The van der Waals surface area contributed by atoms with Crippen molar-refractivity contribution in [2.75, 3.05) is 5.01 Å². The van der Waals surface area contributed by atoms with Crippen molar-refractivity contribution in [3.05, 3.63) is 58.9 Å². The summed E-state index contributed by atoms with van der Waals surface area (Å²) in [5.74, 6) is -0.730. The number of para-hydroxylation sites is 1. The number of hydrogen-bond acceptors (Lipinski definition) is 2. The predicted molar refractivity (Wildman–Crippen MR) is 80.3 cm³/mol. The van der Waals surface area contributed by atoms with E-state index in [9.17, 15) is 9.59 Å². The summed E-state index contributed by atoms with van der Waals surface area (Å²) in [4.78, 5) is 27.6. The summed E-state index contributed by atoms with van der Waals surface area (Å²) in [6.45, 7) is 3.84. The Morgan fingerprint density at radius 3 is 2.43 bits per heavy atom. The molecule has 1 aromatic carbocycles. The molecule has 1 aliphatic rings. The summed E-state index contributed by atoms with van der Waals surface area (Å²) in [7, 11) is 0. The number of rotatable bonds is 2. The molecule has 0 aliphatic carbocycles. The van der Waals surface area contributed by atoms with Crippen molar-refractivity contribution in [2.24, 2.45) is 0 Å². The average molecular weight is 281 g/mol. The Kier molecular flexibility index (Phi) is 3.10.